The van der Waals surface area contributed by atoms with Gasteiger partial charge in [-0.2, -0.15) is 0 Å². The number of nitrogens with two attached hydrogens (primary N) is 1. The van der Waals surface area contributed by atoms with Gasteiger partial charge >= 0.3 is 5.97 Å². The zero-order valence-corrected chi connectivity index (χ0v) is 29.5. The number of aliphatic hydroxyl groups excluding tert-OH is 1. The normalized spacial score (nSPS) is 25.3. The number of rotatable bonds is 17. The van der Waals surface area contributed by atoms with E-state index in [0.29, 0.717) is 18.4 Å². The van der Waals surface area contributed by atoms with E-state index in [0.717, 1.165) is 56.4 Å². The number of carboxylic acid groups (broad SMARTS) is 1. The first kappa shape index (κ1) is 36.6. The molecule has 2 aromatic rings. The van der Waals surface area contributed by atoms with E-state index in [1.807, 2.05) is 6.07 Å². The molecular weight excluding hydrogens is 590 g/mol. The second-order valence-electron chi connectivity index (χ2n) is 15.6. The Kier molecular flexibility index (Phi) is 14.4. The monoisotopic (exact) mass is 653 g/mol. The summed E-state index contributed by atoms with van der Waals surface area (Å²) in [6.45, 7) is 0.668. The van der Waals surface area contributed by atoms with Gasteiger partial charge in [0.2, 0.25) is 0 Å². The molecule has 0 spiro atoms. The van der Waals surface area contributed by atoms with Gasteiger partial charge < -0.3 is 15.9 Å². The van der Waals surface area contributed by atoms with Gasteiger partial charge in [-0.3, -0.25) is 4.79 Å². The van der Waals surface area contributed by atoms with Gasteiger partial charge in [-0.05, 0) is 117 Å². The summed E-state index contributed by atoms with van der Waals surface area (Å²) in [7, 11) is 0. The number of aliphatic hydroxyl groups is 1. The smallest absolute Gasteiger partial charge is 0.303 e. The average Bonchev–Trinajstić information content (AvgIpc) is 3.12. The summed E-state index contributed by atoms with van der Waals surface area (Å²) in [5.41, 5.74) is 9.99. The van der Waals surface area contributed by atoms with Crippen molar-refractivity contribution in [2.45, 2.75) is 128 Å². The highest BCUT2D eigenvalue weighted by molar-refractivity contribution is 5.67. The van der Waals surface area contributed by atoms with E-state index in [1.54, 1.807) is 0 Å². The number of carbonyl (C=O) groups is 1. The van der Waals surface area contributed by atoms with E-state index in [9.17, 15) is 15.0 Å². The van der Waals surface area contributed by atoms with Crippen molar-refractivity contribution in [1.82, 2.24) is 0 Å². The van der Waals surface area contributed by atoms with E-state index < -0.39 is 5.97 Å². The molecule has 4 nitrogen and oxygen atoms in total. The Hall–Kier alpha value is -2.69. The van der Waals surface area contributed by atoms with Gasteiger partial charge in [0.1, 0.15) is 0 Å². The molecule has 0 aliphatic heterocycles. The van der Waals surface area contributed by atoms with E-state index in [2.05, 4.69) is 72.8 Å². The summed E-state index contributed by atoms with van der Waals surface area (Å²) in [4.78, 5) is 12.6. The Morgan fingerprint density at radius 3 is 2.35 bits per heavy atom. The Morgan fingerprint density at radius 2 is 1.62 bits per heavy atom. The van der Waals surface area contributed by atoms with Crippen LogP contribution in [0.25, 0.3) is 0 Å². The standard InChI is InChI=1S/C44H63NO3/c45-29-26-40-38(24-25-42(41(40)32-43(47)48)44(27-11-4-12-28-44)39-20-9-3-10-21-39)31-36(23-22-35-18-13-19-37(30-35)33-46)17-8-2-7-16-34-14-5-1-6-15-34/h2-3,8-10,13,18-21,24-25,30,34,36,38,40-42,46H,1,4-7,11-12,14-17,22-23,26-29,31-33,45H2,(H,47,48)/b8-2-/t36-,38+,40-,41+,42-/m0/s1. The zero-order valence-electron chi connectivity index (χ0n) is 29.5. The van der Waals surface area contributed by atoms with Crippen LogP contribution in [-0.2, 0) is 23.2 Å². The van der Waals surface area contributed by atoms with Crippen LogP contribution in [0.2, 0.25) is 0 Å². The molecule has 0 saturated heterocycles. The minimum absolute atomic E-state index is 0.00780. The third-order valence-electron chi connectivity index (χ3n) is 12.5. The van der Waals surface area contributed by atoms with Crippen LogP contribution in [-0.4, -0.2) is 22.7 Å². The third-order valence-corrected chi connectivity index (χ3v) is 12.5. The predicted octanol–water partition coefficient (Wildman–Crippen LogP) is 10.2. The van der Waals surface area contributed by atoms with Crippen molar-refractivity contribution in [2.75, 3.05) is 6.54 Å². The Balaban J connectivity index is 1.38. The molecule has 262 valence electrons. The van der Waals surface area contributed by atoms with Gasteiger partial charge in [0.15, 0.2) is 0 Å². The van der Waals surface area contributed by atoms with Crippen LogP contribution in [0.1, 0.15) is 126 Å². The summed E-state index contributed by atoms with van der Waals surface area (Å²) in [5.74, 6) is 1.61. The Bertz CT molecular complexity index is 1290. The maximum absolute atomic E-state index is 12.6. The minimum atomic E-state index is -0.679. The quantitative estimate of drug-likeness (QED) is 0.148. The number of aryl methyl sites for hydroxylation is 1. The molecule has 0 amide bonds. The molecule has 5 atom stereocenters. The van der Waals surface area contributed by atoms with Crippen molar-refractivity contribution in [3.63, 3.8) is 0 Å². The molecule has 0 heterocycles. The molecule has 2 saturated carbocycles. The van der Waals surface area contributed by atoms with Crippen LogP contribution < -0.4 is 5.73 Å². The topological polar surface area (TPSA) is 83.6 Å². The number of allylic oxidation sites excluding steroid dienone is 4. The first-order valence-corrected chi connectivity index (χ1v) is 19.5. The van der Waals surface area contributed by atoms with Crippen LogP contribution in [0.15, 0.2) is 78.9 Å². The SMILES string of the molecule is NCC[C@@H]1[C@@H](CC(=O)O)[C@@H](C2(c3ccccc3)CCCCC2)C=C[C@@H]1C[C@@H](C/C=C\CCC1CCCCC1)CCc1cccc(CO)c1. The lowest BCUT2D eigenvalue weighted by Crippen LogP contribution is -2.46. The summed E-state index contributed by atoms with van der Waals surface area (Å²) in [5, 5.41) is 20.0. The molecule has 0 unspecified atom stereocenters. The number of benzene rings is 2. The molecule has 3 aliphatic rings. The van der Waals surface area contributed by atoms with Crippen molar-refractivity contribution >= 4 is 5.97 Å². The van der Waals surface area contributed by atoms with Gasteiger partial charge in [-0.25, -0.2) is 0 Å². The number of hydrogen-bond acceptors (Lipinski definition) is 3. The lowest BCUT2D eigenvalue weighted by molar-refractivity contribution is -0.139. The lowest BCUT2D eigenvalue weighted by Gasteiger charge is -2.51. The fraction of sp³-hybridized carbons (Fsp3) is 0.614. The molecule has 48 heavy (non-hydrogen) atoms. The maximum Gasteiger partial charge on any atom is 0.303 e. The second-order valence-corrected chi connectivity index (χ2v) is 15.6. The van der Waals surface area contributed by atoms with Crippen LogP contribution in [0.3, 0.4) is 0 Å². The highest BCUT2D eigenvalue weighted by Gasteiger charge is 2.48. The van der Waals surface area contributed by atoms with Crippen LogP contribution >= 0.6 is 0 Å². The van der Waals surface area contributed by atoms with Gasteiger partial charge in [-0.1, -0.05) is 130 Å². The summed E-state index contributed by atoms with van der Waals surface area (Å²) in [6.07, 6.45) is 30.6. The van der Waals surface area contributed by atoms with Crippen LogP contribution in [0.5, 0.6) is 0 Å². The van der Waals surface area contributed by atoms with Crippen molar-refractivity contribution in [2.24, 2.45) is 41.2 Å². The average molecular weight is 654 g/mol. The fourth-order valence-electron chi connectivity index (χ4n) is 10.0. The van der Waals surface area contributed by atoms with Crippen LogP contribution in [0.4, 0.5) is 0 Å². The molecule has 0 radical (unpaired) electrons. The van der Waals surface area contributed by atoms with E-state index in [1.165, 1.54) is 75.3 Å². The number of carboxylic acids is 1. The van der Waals surface area contributed by atoms with Gasteiger partial charge in [0.25, 0.3) is 0 Å². The second kappa shape index (κ2) is 18.9. The molecule has 0 aromatic heterocycles. The highest BCUT2D eigenvalue weighted by atomic mass is 16.4. The molecule has 4 heteroatoms. The van der Waals surface area contributed by atoms with Crippen molar-refractivity contribution < 1.29 is 15.0 Å². The first-order chi connectivity index (χ1) is 23.5. The molecular formula is C44H63NO3. The lowest BCUT2D eigenvalue weighted by atomic mass is 9.53. The molecule has 2 fully saturated rings. The fourth-order valence-corrected chi connectivity index (χ4v) is 10.0. The van der Waals surface area contributed by atoms with Gasteiger partial charge in [-0.15, -0.1) is 0 Å². The van der Waals surface area contributed by atoms with Gasteiger partial charge in [0, 0.05) is 11.8 Å². The summed E-state index contributed by atoms with van der Waals surface area (Å²) in [6, 6.07) is 19.4. The van der Waals surface area contributed by atoms with Crippen molar-refractivity contribution in [3.8, 4) is 0 Å². The van der Waals surface area contributed by atoms with Crippen LogP contribution in [0, 0.1) is 35.5 Å². The van der Waals surface area contributed by atoms with Gasteiger partial charge in [0.05, 0.1) is 6.61 Å². The maximum atomic E-state index is 12.6. The molecule has 5 rings (SSSR count). The largest absolute Gasteiger partial charge is 0.481 e. The number of hydrogen-bond donors (Lipinski definition) is 3. The number of aliphatic carboxylic acids is 1. The van der Waals surface area contributed by atoms with E-state index in [4.69, 9.17) is 5.73 Å². The summed E-state index contributed by atoms with van der Waals surface area (Å²) < 4.78 is 0. The van der Waals surface area contributed by atoms with E-state index >= 15 is 0 Å². The zero-order chi connectivity index (χ0) is 33.6. The Labute approximate surface area is 291 Å². The van der Waals surface area contributed by atoms with Crippen molar-refractivity contribution in [1.29, 1.82) is 0 Å². The molecule has 0 bridgehead atoms. The third kappa shape index (κ3) is 9.94. The minimum Gasteiger partial charge on any atom is -0.481 e. The molecule has 4 N–H and O–H groups in total. The molecule has 3 aliphatic carbocycles. The van der Waals surface area contributed by atoms with E-state index in [-0.39, 0.29) is 36.2 Å². The first-order valence-electron chi connectivity index (χ1n) is 19.5. The van der Waals surface area contributed by atoms with Crippen molar-refractivity contribution in [3.05, 3.63) is 95.6 Å². The molecule has 2 aromatic carbocycles. The Morgan fingerprint density at radius 1 is 0.875 bits per heavy atom. The predicted molar refractivity (Wildman–Crippen MR) is 199 cm³/mol. The highest BCUT2D eigenvalue weighted by Crippen LogP contribution is 2.54. The summed E-state index contributed by atoms with van der Waals surface area (Å²) >= 11 is 0.